The Hall–Kier alpha value is -2.83. The zero-order chi connectivity index (χ0) is 20.4. The molecule has 1 aromatic carbocycles. The summed E-state index contributed by atoms with van der Waals surface area (Å²) >= 11 is 0. The maximum absolute atomic E-state index is 13.0. The standard InChI is InChI=1S/C17H18N6O5S/c1-2-7-28-13-4-3-11(29(25,26)23-5-8-27-9-6-23)10-12(13)15-18-16-14(17(24)19-15)20-22-21-16/h3-4,10H,2,5-9H2,1H3. The van der Waals surface area contributed by atoms with Crippen molar-refractivity contribution in [1.82, 2.24) is 4.31 Å². The molecule has 11 nitrogen and oxygen atoms in total. The Morgan fingerprint density at radius 1 is 1.17 bits per heavy atom. The fraction of sp³-hybridized carbons (Fsp3) is 0.412. The summed E-state index contributed by atoms with van der Waals surface area (Å²) in [7, 11) is -3.75. The van der Waals surface area contributed by atoms with E-state index in [4.69, 9.17) is 9.47 Å². The maximum atomic E-state index is 13.0. The average molecular weight is 418 g/mol. The van der Waals surface area contributed by atoms with Crippen LogP contribution in [0.25, 0.3) is 0 Å². The number of amidine groups is 2. The Morgan fingerprint density at radius 3 is 2.72 bits per heavy atom. The van der Waals surface area contributed by atoms with Crippen LogP contribution >= 0.6 is 0 Å². The summed E-state index contributed by atoms with van der Waals surface area (Å²) in [6, 6.07) is 4.44. The van der Waals surface area contributed by atoms with Crippen LogP contribution in [-0.2, 0) is 19.6 Å². The Labute approximate surface area is 166 Å². The number of morpholine rings is 1. The number of sulfonamides is 1. The molecule has 0 unspecified atom stereocenters. The van der Waals surface area contributed by atoms with Crippen LogP contribution < -0.4 is 4.74 Å². The summed E-state index contributed by atoms with van der Waals surface area (Å²) in [6.07, 6.45) is 0.748. The van der Waals surface area contributed by atoms with E-state index in [0.29, 0.717) is 25.6 Å². The predicted octanol–water partition coefficient (Wildman–Crippen LogP) is 1.00. The number of aliphatic imine (C=N–C) groups is 2. The Morgan fingerprint density at radius 2 is 1.97 bits per heavy atom. The number of carbonyl (C=O) groups excluding carboxylic acids is 1. The van der Waals surface area contributed by atoms with Gasteiger partial charge < -0.3 is 9.47 Å². The summed E-state index contributed by atoms with van der Waals surface area (Å²) in [6.45, 7) is 3.58. The second-order valence-electron chi connectivity index (χ2n) is 6.34. The highest BCUT2D eigenvalue weighted by molar-refractivity contribution is 7.89. The maximum Gasteiger partial charge on any atom is 0.303 e. The number of carbonyl (C=O) groups is 1. The van der Waals surface area contributed by atoms with Crippen LogP contribution in [0.2, 0.25) is 0 Å². The number of fused-ring (bicyclic) bond motifs is 1. The van der Waals surface area contributed by atoms with Gasteiger partial charge in [0.2, 0.25) is 21.6 Å². The van der Waals surface area contributed by atoms with Gasteiger partial charge in [0.05, 0.1) is 30.3 Å². The van der Waals surface area contributed by atoms with Gasteiger partial charge in [0.25, 0.3) is 0 Å². The second-order valence-corrected chi connectivity index (χ2v) is 8.27. The summed E-state index contributed by atoms with van der Waals surface area (Å²) < 4.78 is 38.4. The van der Waals surface area contributed by atoms with E-state index in [9.17, 15) is 13.2 Å². The first-order chi connectivity index (χ1) is 14.0. The van der Waals surface area contributed by atoms with E-state index in [2.05, 4.69) is 25.4 Å². The molecule has 29 heavy (non-hydrogen) atoms. The van der Waals surface area contributed by atoms with E-state index >= 15 is 0 Å². The van der Waals surface area contributed by atoms with Crippen molar-refractivity contribution in [2.24, 2.45) is 25.4 Å². The Balaban J connectivity index is 1.77. The van der Waals surface area contributed by atoms with Gasteiger partial charge in [-0.1, -0.05) is 6.92 Å². The molecule has 3 aliphatic rings. The molecule has 3 aliphatic heterocycles. The van der Waals surface area contributed by atoms with Crippen LogP contribution in [0.1, 0.15) is 18.9 Å². The first kappa shape index (κ1) is 19.5. The quantitative estimate of drug-likeness (QED) is 0.679. The van der Waals surface area contributed by atoms with Crippen molar-refractivity contribution >= 4 is 33.3 Å². The van der Waals surface area contributed by atoms with Crippen molar-refractivity contribution < 1.29 is 22.7 Å². The molecule has 1 amide bonds. The minimum Gasteiger partial charge on any atom is -0.493 e. The lowest BCUT2D eigenvalue weighted by Crippen LogP contribution is -2.40. The van der Waals surface area contributed by atoms with Gasteiger partial charge in [0.1, 0.15) is 5.75 Å². The molecule has 0 N–H and O–H groups in total. The molecule has 152 valence electrons. The van der Waals surface area contributed by atoms with Gasteiger partial charge in [-0.05, 0) is 29.8 Å². The number of ether oxygens (including phenoxy) is 2. The number of hydrogen-bond acceptors (Lipinski definition) is 9. The third-order valence-corrected chi connectivity index (χ3v) is 6.27. The van der Waals surface area contributed by atoms with Gasteiger partial charge in [-0.15, -0.1) is 10.2 Å². The summed E-state index contributed by atoms with van der Waals surface area (Å²) in [5.74, 6) is -0.213. The van der Waals surface area contributed by atoms with Crippen molar-refractivity contribution in [2.45, 2.75) is 18.2 Å². The smallest absolute Gasteiger partial charge is 0.303 e. The van der Waals surface area contributed by atoms with Gasteiger partial charge in [-0.25, -0.2) is 13.4 Å². The molecule has 1 aromatic rings. The van der Waals surface area contributed by atoms with Crippen molar-refractivity contribution in [2.75, 3.05) is 32.9 Å². The van der Waals surface area contributed by atoms with Gasteiger partial charge in [0, 0.05) is 13.1 Å². The number of benzene rings is 1. The molecular formula is C17H18N6O5S. The van der Waals surface area contributed by atoms with Gasteiger partial charge in [-0.2, -0.15) is 9.30 Å². The molecular weight excluding hydrogens is 400 g/mol. The van der Waals surface area contributed by atoms with E-state index in [1.807, 2.05) is 6.92 Å². The highest BCUT2D eigenvalue weighted by Crippen LogP contribution is 2.28. The lowest BCUT2D eigenvalue weighted by atomic mass is 10.1. The first-order valence-electron chi connectivity index (χ1n) is 9.06. The third-order valence-electron chi connectivity index (χ3n) is 4.38. The molecule has 4 rings (SSSR count). The molecule has 0 bridgehead atoms. The first-order valence-corrected chi connectivity index (χ1v) is 10.5. The second kappa shape index (κ2) is 7.89. The normalized spacial score (nSPS) is 19.5. The summed E-state index contributed by atoms with van der Waals surface area (Å²) in [4.78, 5) is 20.4. The highest BCUT2D eigenvalue weighted by atomic mass is 32.2. The van der Waals surface area contributed by atoms with Crippen molar-refractivity contribution in [3.63, 3.8) is 0 Å². The number of hydrogen-bond donors (Lipinski definition) is 0. The molecule has 0 spiro atoms. The molecule has 1 fully saturated rings. The summed E-state index contributed by atoms with van der Waals surface area (Å²) in [5.41, 5.74) is 0.247. The van der Waals surface area contributed by atoms with E-state index in [1.165, 1.54) is 16.4 Å². The SMILES string of the molecule is CCCOc1ccc(S(=O)(=O)N2CCOCC2)cc1C1=NC(=O)C2=NN=NC2=N1. The van der Waals surface area contributed by atoms with Crippen LogP contribution in [0.5, 0.6) is 5.75 Å². The zero-order valence-corrected chi connectivity index (χ0v) is 16.4. The molecule has 0 radical (unpaired) electrons. The Kier molecular flexibility index (Phi) is 5.30. The fourth-order valence-corrected chi connectivity index (χ4v) is 4.36. The van der Waals surface area contributed by atoms with Crippen LogP contribution in [0.15, 0.2) is 48.5 Å². The molecule has 0 aliphatic carbocycles. The predicted molar refractivity (Wildman–Crippen MR) is 103 cm³/mol. The number of amides is 1. The minimum atomic E-state index is -3.75. The molecule has 0 saturated carbocycles. The zero-order valence-electron chi connectivity index (χ0n) is 15.6. The highest BCUT2D eigenvalue weighted by Gasteiger charge is 2.31. The van der Waals surface area contributed by atoms with Crippen molar-refractivity contribution in [3.8, 4) is 5.75 Å². The minimum absolute atomic E-state index is 0.00919. The third kappa shape index (κ3) is 3.73. The molecule has 12 heteroatoms. The lowest BCUT2D eigenvalue weighted by Gasteiger charge is -2.26. The lowest BCUT2D eigenvalue weighted by molar-refractivity contribution is -0.111. The topological polar surface area (TPSA) is 135 Å². The molecule has 0 aromatic heterocycles. The average Bonchev–Trinajstić information content (AvgIpc) is 3.22. The van der Waals surface area contributed by atoms with Gasteiger partial charge in [-0.3, -0.25) is 4.79 Å². The van der Waals surface area contributed by atoms with Crippen LogP contribution in [0.4, 0.5) is 0 Å². The van der Waals surface area contributed by atoms with Gasteiger partial charge >= 0.3 is 5.91 Å². The van der Waals surface area contributed by atoms with E-state index in [-0.39, 0.29) is 40.9 Å². The van der Waals surface area contributed by atoms with Crippen LogP contribution in [0, 0.1) is 0 Å². The van der Waals surface area contributed by atoms with E-state index < -0.39 is 15.9 Å². The molecule has 3 heterocycles. The molecule has 0 atom stereocenters. The van der Waals surface area contributed by atoms with Crippen molar-refractivity contribution in [3.05, 3.63) is 23.8 Å². The number of nitrogens with zero attached hydrogens (tertiary/aromatic N) is 6. The van der Waals surface area contributed by atoms with E-state index in [0.717, 1.165) is 6.42 Å². The van der Waals surface area contributed by atoms with Crippen molar-refractivity contribution in [1.29, 1.82) is 0 Å². The summed E-state index contributed by atoms with van der Waals surface area (Å²) in [5, 5.41) is 10.7. The van der Waals surface area contributed by atoms with Gasteiger partial charge in [0.15, 0.2) is 5.84 Å². The monoisotopic (exact) mass is 418 g/mol. The largest absolute Gasteiger partial charge is 0.493 e. The fourth-order valence-electron chi connectivity index (χ4n) is 2.93. The van der Waals surface area contributed by atoms with Crippen LogP contribution in [0.3, 0.4) is 0 Å². The van der Waals surface area contributed by atoms with Crippen LogP contribution in [-0.4, -0.2) is 68.9 Å². The molecule has 1 saturated heterocycles. The number of rotatable bonds is 6. The Bertz CT molecular complexity index is 1070. The van der Waals surface area contributed by atoms with E-state index in [1.54, 1.807) is 6.07 Å².